The lowest BCUT2D eigenvalue weighted by molar-refractivity contribution is 0.0857. The van der Waals surface area contributed by atoms with Crippen LogP contribution in [0.3, 0.4) is 0 Å². The molecule has 0 spiro atoms. The number of guanidine groups is 1. The van der Waals surface area contributed by atoms with Gasteiger partial charge in [-0.05, 0) is 65.2 Å². The van der Waals surface area contributed by atoms with Gasteiger partial charge in [0.1, 0.15) is 0 Å². The van der Waals surface area contributed by atoms with Gasteiger partial charge in [0.2, 0.25) is 0 Å². The molecule has 1 amide bonds. The highest BCUT2D eigenvalue weighted by atomic mass is 127. The van der Waals surface area contributed by atoms with Gasteiger partial charge < -0.3 is 20.7 Å². The minimum absolute atomic E-state index is 0. The first kappa shape index (κ1) is 28.6. The van der Waals surface area contributed by atoms with Crippen LogP contribution in [0.25, 0.3) is 0 Å². The Morgan fingerprint density at radius 1 is 1.19 bits per heavy atom. The number of aliphatic imine (C=N–C) groups is 1. The fraction of sp³-hybridized carbons (Fsp3) is 0.667. The Kier molecular flexibility index (Phi) is 13.8. The molecule has 7 nitrogen and oxygen atoms in total. The summed E-state index contributed by atoms with van der Waals surface area (Å²) in [6.45, 7) is 15.4. The molecule has 3 N–H and O–H groups in total. The van der Waals surface area contributed by atoms with Crippen molar-refractivity contribution in [3.63, 3.8) is 0 Å². The molecule has 182 valence electrons. The molecule has 1 unspecified atom stereocenters. The number of ether oxygens (including phenoxy) is 1. The van der Waals surface area contributed by atoms with Crippen molar-refractivity contribution in [2.24, 2.45) is 4.99 Å². The van der Waals surface area contributed by atoms with Crippen molar-refractivity contribution in [2.75, 3.05) is 32.8 Å². The standard InChI is InChI=1S/C24H41N5O2.HI/c1-6-25-24(26-12-13-29(18(2)3)19(4)5)28-16-20-9-7-10-21(15-20)23(30)27-17-22-11-8-14-31-22;/h7,9-10,15,18-19,22H,6,8,11-14,16-17H2,1-5H3,(H,27,30)(H2,25,26,28);1H. The van der Waals surface area contributed by atoms with Gasteiger partial charge in [0.05, 0.1) is 12.6 Å². The van der Waals surface area contributed by atoms with Crippen molar-refractivity contribution >= 4 is 35.8 Å². The normalized spacial score (nSPS) is 16.4. The lowest BCUT2D eigenvalue weighted by Crippen LogP contribution is -2.45. The van der Waals surface area contributed by atoms with Crippen LogP contribution in [0.15, 0.2) is 29.3 Å². The zero-order chi connectivity index (χ0) is 22.6. The fourth-order valence-corrected chi connectivity index (χ4v) is 3.85. The summed E-state index contributed by atoms with van der Waals surface area (Å²) >= 11 is 0. The number of nitrogens with one attached hydrogen (secondary N) is 3. The number of amides is 1. The van der Waals surface area contributed by atoms with Crippen molar-refractivity contribution in [2.45, 2.75) is 72.2 Å². The Hall–Kier alpha value is -1.39. The molecule has 0 aliphatic carbocycles. The van der Waals surface area contributed by atoms with E-state index in [1.165, 1.54) is 0 Å². The van der Waals surface area contributed by atoms with Crippen molar-refractivity contribution in [3.05, 3.63) is 35.4 Å². The molecule has 1 aliphatic heterocycles. The first-order valence-corrected chi connectivity index (χ1v) is 11.7. The van der Waals surface area contributed by atoms with E-state index in [2.05, 4.69) is 55.5 Å². The minimum atomic E-state index is -0.0613. The summed E-state index contributed by atoms with van der Waals surface area (Å²) in [5, 5.41) is 9.71. The molecule has 1 aromatic carbocycles. The summed E-state index contributed by atoms with van der Waals surface area (Å²) in [6, 6.07) is 8.69. The van der Waals surface area contributed by atoms with Gasteiger partial charge in [-0.3, -0.25) is 9.69 Å². The van der Waals surface area contributed by atoms with Crippen molar-refractivity contribution in [1.82, 2.24) is 20.9 Å². The average Bonchev–Trinajstić information content (AvgIpc) is 3.26. The second kappa shape index (κ2) is 15.4. The van der Waals surface area contributed by atoms with Gasteiger partial charge in [-0.1, -0.05) is 12.1 Å². The summed E-state index contributed by atoms with van der Waals surface area (Å²) in [6.07, 6.45) is 2.23. The zero-order valence-corrected chi connectivity index (χ0v) is 22.6. The smallest absolute Gasteiger partial charge is 0.251 e. The summed E-state index contributed by atoms with van der Waals surface area (Å²) in [5.41, 5.74) is 1.67. The predicted molar refractivity (Wildman–Crippen MR) is 143 cm³/mol. The molecule has 1 fully saturated rings. The molecular weight excluding hydrogens is 517 g/mol. The Bertz CT molecular complexity index is 697. The number of carbonyl (C=O) groups is 1. The SMILES string of the molecule is CCNC(=NCc1cccc(C(=O)NCC2CCCO2)c1)NCCN(C(C)C)C(C)C.I. The Morgan fingerprint density at radius 3 is 2.56 bits per heavy atom. The maximum absolute atomic E-state index is 12.5. The van der Waals surface area contributed by atoms with Crippen LogP contribution < -0.4 is 16.0 Å². The van der Waals surface area contributed by atoms with Crippen LogP contribution in [-0.4, -0.2) is 67.7 Å². The van der Waals surface area contributed by atoms with Crippen LogP contribution in [0.4, 0.5) is 0 Å². The second-order valence-corrected chi connectivity index (χ2v) is 8.59. The Balaban J connectivity index is 0.00000512. The molecule has 8 heteroatoms. The lowest BCUT2D eigenvalue weighted by Gasteiger charge is -2.30. The monoisotopic (exact) mass is 559 g/mol. The van der Waals surface area contributed by atoms with Crippen LogP contribution in [0.1, 0.15) is 63.4 Å². The van der Waals surface area contributed by atoms with E-state index in [9.17, 15) is 4.79 Å². The molecule has 1 heterocycles. The summed E-state index contributed by atoms with van der Waals surface area (Å²) in [4.78, 5) is 19.6. The number of nitrogens with zero attached hydrogens (tertiary/aromatic N) is 2. The molecule has 0 saturated carbocycles. The quantitative estimate of drug-likeness (QED) is 0.220. The van der Waals surface area contributed by atoms with Crippen molar-refractivity contribution < 1.29 is 9.53 Å². The van der Waals surface area contributed by atoms with E-state index in [1.54, 1.807) is 0 Å². The van der Waals surface area contributed by atoms with Gasteiger partial charge in [-0.15, -0.1) is 24.0 Å². The molecule has 0 radical (unpaired) electrons. The maximum Gasteiger partial charge on any atom is 0.251 e. The second-order valence-electron chi connectivity index (χ2n) is 8.59. The van der Waals surface area contributed by atoms with E-state index < -0.39 is 0 Å². The highest BCUT2D eigenvalue weighted by Crippen LogP contribution is 2.11. The van der Waals surface area contributed by atoms with Crippen LogP contribution in [0, 0.1) is 0 Å². The third-order valence-corrected chi connectivity index (χ3v) is 5.46. The van der Waals surface area contributed by atoms with E-state index in [0.717, 1.165) is 50.6 Å². The van der Waals surface area contributed by atoms with Gasteiger partial charge >= 0.3 is 0 Å². The van der Waals surface area contributed by atoms with Gasteiger partial charge in [-0.25, -0.2) is 4.99 Å². The number of hydrogen-bond acceptors (Lipinski definition) is 4. The molecule has 0 bridgehead atoms. The summed E-state index contributed by atoms with van der Waals surface area (Å²) in [7, 11) is 0. The fourth-order valence-electron chi connectivity index (χ4n) is 3.85. The maximum atomic E-state index is 12.5. The van der Waals surface area contributed by atoms with Crippen LogP contribution in [-0.2, 0) is 11.3 Å². The largest absolute Gasteiger partial charge is 0.376 e. The molecule has 1 saturated heterocycles. The number of carbonyl (C=O) groups excluding carboxylic acids is 1. The summed E-state index contributed by atoms with van der Waals surface area (Å²) in [5.74, 6) is 0.733. The summed E-state index contributed by atoms with van der Waals surface area (Å²) < 4.78 is 5.57. The minimum Gasteiger partial charge on any atom is -0.376 e. The van der Waals surface area contributed by atoms with Gasteiger partial charge in [-0.2, -0.15) is 0 Å². The van der Waals surface area contributed by atoms with Crippen LogP contribution in [0.2, 0.25) is 0 Å². The molecule has 1 aliphatic rings. The third kappa shape index (κ3) is 10.0. The van der Waals surface area contributed by atoms with Crippen LogP contribution in [0.5, 0.6) is 0 Å². The van der Waals surface area contributed by atoms with E-state index in [-0.39, 0.29) is 36.0 Å². The van der Waals surface area contributed by atoms with E-state index in [0.29, 0.717) is 30.7 Å². The number of benzene rings is 1. The molecular formula is C24H42IN5O2. The highest BCUT2D eigenvalue weighted by Gasteiger charge is 2.17. The number of halogens is 1. The molecule has 1 atom stereocenters. The first-order valence-electron chi connectivity index (χ1n) is 11.7. The number of hydrogen-bond donors (Lipinski definition) is 3. The van der Waals surface area contributed by atoms with E-state index >= 15 is 0 Å². The van der Waals surface area contributed by atoms with Crippen molar-refractivity contribution in [3.8, 4) is 0 Å². The predicted octanol–water partition coefficient (Wildman–Crippen LogP) is 3.39. The first-order chi connectivity index (χ1) is 14.9. The van der Waals surface area contributed by atoms with Gasteiger partial charge in [0.15, 0.2) is 5.96 Å². The van der Waals surface area contributed by atoms with E-state index in [1.807, 2.05) is 24.3 Å². The average molecular weight is 560 g/mol. The topological polar surface area (TPSA) is 78.0 Å². The van der Waals surface area contributed by atoms with E-state index in [4.69, 9.17) is 9.73 Å². The third-order valence-electron chi connectivity index (χ3n) is 5.46. The van der Waals surface area contributed by atoms with Crippen molar-refractivity contribution in [1.29, 1.82) is 0 Å². The molecule has 32 heavy (non-hydrogen) atoms. The van der Waals surface area contributed by atoms with Crippen LogP contribution >= 0.6 is 24.0 Å². The molecule has 2 rings (SSSR count). The highest BCUT2D eigenvalue weighted by molar-refractivity contribution is 14.0. The molecule has 0 aromatic heterocycles. The lowest BCUT2D eigenvalue weighted by atomic mass is 10.1. The van der Waals surface area contributed by atoms with Gasteiger partial charge in [0, 0.05) is 50.4 Å². The Labute approximate surface area is 211 Å². The molecule has 1 aromatic rings. The van der Waals surface area contributed by atoms with Gasteiger partial charge in [0.25, 0.3) is 5.91 Å². The number of rotatable bonds is 11. The zero-order valence-electron chi connectivity index (χ0n) is 20.3. The Morgan fingerprint density at radius 2 is 1.94 bits per heavy atom.